The number of aromatic nitrogens is 2. The fraction of sp³-hybridized carbons (Fsp3) is 0.342. The van der Waals surface area contributed by atoms with Crippen molar-refractivity contribution >= 4 is 35.5 Å². The molecule has 1 aromatic heterocycles. The molecule has 1 aliphatic rings. The fourth-order valence-electron chi connectivity index (χ4n) is 5.74. The molecule has 13 heteroatoms. The van der Waals surface area contributed by atoms with Crippen LogP contribution in [0, 0.1) is 19.7 Å². The highest BCUT2D eigenvalue weighted by molar-refractivity contribution is 5.83. The number of carboxylic acid groups (broad SMARTS) is 1. The van der Waals surface area contributed by atoms with E-state index in [2.05, 4.69) is 15.2 Å². The maximum absolute atomic E-state index is 13.8. The quantitative estimate of drug-likeness (QED) is 0.0927. The lowest BCUT2D eigenvalue weighted by Gasteiger charge is -2.37. The Morgan fingerprint density at radius 2 is 1.75 bits per heavy atom. The number of esters is 1. The second-order valence-electron chi connectivity index (χ2n) is 13.3. The monoisotopic (exact) mass is 699 g/mol. The number of benzene rings is 3. The van der Waals surface area contributed by atoms with Gasteiger partial charge >= 0.3 is 18.1 Å². The number of fused-ring (bicyclic) bond motifs is 1. The van der Waals surface area contributed by atoms with E-state index in [1.165, 1.54) is 12.1 Å². The van der Waals surface area contributed by atoms with Crippen LogP contribution in [0.2, 0.25) is 0 Å². The number of aryl methyl sites for hydroxylation is 1. The number of nitrogens with zero attached hydrogens (tertiary/aromatic N) is 4. The van der Waals surface area contributed by atoms with Crippen molar-refractivity contribution in [3.8, 4) is 5.75 Å². The van der Waals surface area contributed by atoms with Crippen LogP contribution in [0.3, 0.4) is 0 Å². The van der Waals surface area contributed by atoms with Crippen LogP contribution in [0.1, 0.15) is 68.1 Å². The van der Waals surface area contributed by atoms with Gasteiger partial charge in [0.2, 0.25) is 5.95 Å². The first-order chi connectivity index (χ1) is 24.2. The zero-order valence-corrected chi connectivity index (χ0v) is 29.5. The average Bonchev–Trinajstić information content (AvgIpc) is 3.06. The van der Waals surface area contributed by atoms with Gasteiger partial charge in [-0.05, 0) is 101 Å². The van der Waals surface area contributed by atoms with E-state index in [0.717, 1.165) is 33.3 Å². The molecule has 268 valence electrons. The predicted octanol–water partition coefficient (Wildman–Crippen LogP) is 7.22. The lowest BCUT2D eigenvalue weighted by Crippen LogP contribution is -2.46. The number of hydroxylamine groups is 2. The normalized spacial score (nSPS) is 14.7. The number of hydrogen-bond acceptors (Lipinski definition) is 11. The topological polar surface area (TPSA) is 143 Å². The van der Waals surface area contributed by atoms with Gasteiger partial charge in [0, 0.05) is 23.5 Å². The molecule has 0 aliphatic carbocycles. The van der Waals surface area contributed by atoms with Gasteiger partial charge in [0.05, 0.1) is 19.0 Å². The summed E-state index contributed by atoms with van der Waals surface area (Å²) >= 11 is 0. The summed E-state index contributed by atoms with van der Waals surface area (Å²) in [6.07, 6.45) is -1.10. The Balaban J connectivity index is 1.39. The zero-order chi connectivity index (χ0) is 36.9. The maximum Gasteiger partial charge on any atom is 0.528 e. The van der Waals surface area contributed by atoms with Crippen LogP contribution < -0.4 is 15.0 Å². The fourth-order valence-corrected chi connectivity index (χ4v) is 5.74. The summed E-state index contributed by atoms with van der Waals surface area (Å²) in [6, 6.07) is 18.4. The minimum atomic E-state index is -1.50. The highest BCUT2D eigenvalue weighted by Gasteiger charge is 2.35. The van der Waals surface area contributed by atoms with Gasteiger partial charge in [0.15, 0.2) is 6.04 Å². The molecule has 0 saturated carbocycles. The molecule has 4 aromatic rings. The molecule has 51 heavy (non-hydrogen) atoms. The summed E-state index contributed by atoms with van der Waals surface area (Å²) in [6.45, 7) is 11.4. The molecule has 0 saturated heterocycles. The second kappa shape index (κ2) is 15.5. The first-order valence-corrected chi connectivity index (χ1v) is 16.6. The van der Waals surface area contributed by atoms with Crippen LogP contribution in [-0.2, 0) is 32.1 Å². The van der Waals surface area contributed by atoms with Crippen LogP contribution in [0.15, 0.2) is 72.8 Å². The number of hydrogen-bond donors (Lipinski definition) is 2. The lowest BCUT2D eigenvalue weighted by molar-refractivity contribution is -0.190. The second-order valence-corrected chi connectivity index (χ2v) is 13.3. The molecule has 0 radical (unpaired) electrons. The van der Waals surface area contributed by atoms with Crippen molar-refractivity contribution in [1.29, 1.82) is 0 Å². The van der Waals surface area contributed by atoms with Gasteiger partial charge in [0.1, 0.15) is 23.0 Å². The Labute approximate surface area is 296 Å². The van der Waals surface area contributed by atoms with E-state index < -0.39 is 36.2 Å². The number of carboxylic acids is 1. The van der Waals surface area contributed by atoms with E-state index in [0.29, 0.717) is 30.2 Å². The van der Waals surface area contributed by atoms with Gasteiger partial charge in [-0.3, -0.25) is 4.79 Å². The third-order valence-electron chi connectivity index (χ3n) is 8.36. The maximum atomic E-state index is 13.8. The van der Waals surface area contributed by atoms with E-state index >= 15 is 0 Å². The Kier molecular flexibility index (Phi) is 11.2. The lowest BCUT2D eigenvalue weighted by atomic mass is 9.93. The van der Waals surface area contributed by atoms with Crippen molar-refractivity contribution in [2.45, 2.75) is 78.6 Å². The summed E-state index contributed by atoms with van der Waals surface area (Å²) in [5.41, 5.74) is 4.06. The van der Waals surface area contributed by atoms with E-state index in [9.17, 15) is 23.9 Å². The van der Waals surface area contributed by atoms with Crippen molar-refractivity contribution in [2.75, 3.05) is 16.8 Å². The van der Waals surface area contributed by atoms with Crippen molar-refractivity contribution in [2.24, 2.45) is 0 Å². The Morgan fingerprint density at radius 1 is 1.04 bits per heavy atom. The molecule has 0 amide bonds. The molecule has 1 unspecified atom stereocenters. The average molecular weight is 700 g/mol. The molecule has 0 fully saturated rings. The first-order valence-electron chi connectivity index (χ1n) is 16.6. The van der Waals surface area contributed by atoms with Crippen LogP contribution in [-0.4, -0.2) is 56.4 Å². The van der Waals surface area contributed by atoms with Gasteiger partial charge in [-0.15, -0.1) is 5.06 Å². The molecule has 2 N–H and O–H groups in total. The molecule has 2 heterocycles. The van der Waals surface area contributed by atoms with Crippen molar-refractivity contribution in [3.63, 3.8) is 0 Å². The highest BCUT2D eigenvalue weighted by Crippen LogP contribution is 2.37. The van der Waals surface area contributed by atoms with Crippen LogP contribution in [0.5, 0.6) is 5.75 Å². The summed E-state index contributed by atoms with van der Waals surface area (Å²) in [4.78, 5) is 55.5. The van der Waals surface area contributed by atoms with E-state index in [1.54, 1.807) is 75.4 Å². The molecular weight excluding hydrogens is 657 g/mol. The Bertz CT molecular complexity index is 1880. The smallest absolute Gasteiger partial charge is 0.481 e. The minimum absolute atomic E-state index is 0.0982. The van der Waals surface area contributed by atoms with Gasteiger partial charge in [-0.25, -0.2) is 19.0 Å². The molecule has 3 aromatic carbocycles. The number of carbonyl (C=O) groups excluding carboxylic acids is 2. The summed E-state index contributed by atoms with van der Waals surface area (Å²) < 4.78 is 24.6. The molecule has 12 nitrogen and oxygen atoms in total. The molecule has 0 spiro atoms. The van der Waals surface area contributed by atoms with Crippen LogP contribution in [0.25, 0.3) is 0 Å². The van der Waals surface area contributed by atoms with Gasteiger partial charge in [-0.2, -0.15) is 4.98 Å². The number of halogens is 1. The van der Waals surface area contributed by atoms with Crippen molar-refractivity contribution in [3.05, 3.63) is 107 Å². The third kappa shape index (κ3) is 9.57. The summed E-state index contributed by atoms with van der Waals surface area (Å²) in [5.74, 6) is -1.25. The SMILES string of the molecule is Cc1nc(Nc2ccc(F)cc2)nc(N2CCc3ccc(OC(=O)[C@H](CC(=O)O)N(Cc4ccccc4)OC(=O)OC(C)(C)C)cc3C2C)c1C. The number of carbonyl (C=O) groups is 3. The zero-order valence-electron chi connectivity index (χ0n) is 29.5. The molecule has 1 aliphatic heterocycles. The minimum Gasteiger partial charge on any atom is -0.481 e. The van der Waals surface area contributed by atoms with Crippen molar-refractivity contribution in [1.82, 2.24) is 15.0 Å². The number of rotatable bonds is 11. The predicted molar refractivity (Wildman–Crippen MR) is 188 cm³/mol. The first kappa shape index (κ1) is 36.7. The Morgan fingerprint density at radius 3 is 2.41 bits per heavy atom. The van der Waals surface area contributed by atoms with Crippen molar-refractivity contribution < 1.29 is 38.2 Å². The highest BCUT2D eigenvalue weighted by atomic mass is 19.1. The number of ether oxygens (including phenoxy) is 2. The molecule has 0 bridgehead atoms. The summed E-state index contributed by atoms with van der Waals surface area (Å²) in [5, 5.41) is 13.9. The number of anilines is 3. The van der Waals surface area contributed by atoms with E-state index in [4.69, 9.17) is 19.3 Å². The standard InChI is InChI=1S/C38H42FN5O7/c1-23-24(2)40-36(41-29-15-13-28(39)14-16-29)42-34(23)43-19-18-27-12-17-30(20-31(27)25(43)3)49-35(47)32(21-33(45)46)44(22-26-10-8-7-9-11-26)51-37(48)50-38(4,5)6/h7-17,20,25,32H,18-19,21-22H2,1-6H3,(H,45,46)(H,40,41,42)/t25?,32-/m0/s1. The van der Waals surface area contributed by atoms with Crippen LogP contribution >= 0.6 is 0 Å². The van der Waals surface area contributed by atoms with Gasteiger partial charge < -0.3 is 29.6 Å². The number of aliphatic carboxylic acids is 1. The number of nitrogens with one attached hydrogen (secondary N) is 1. The molecule has 2 atom stereocenters. The molecular formula is C38H42FN5O7. The molecule has 5 rings (SSSR count). The van der Waals surface area contributed by atoms with Gasteiger partial charge in [0.25, 0.3) is 0 Å². The third-order valence-corrected chi connectivity index (χ3v) is 8.36. The van der Waals surface area contributed by atoms with E-state index in [1.807, 2.05) is 26.8 Å². The van der Waals surface area contributed by atoms with Gasteiger partial charge in [-0.1, -0.05) is 36.4 Å². The largest absolute Gasteiger partial charge is 0.528 e. The van der Waals surface area contributed by atoms with Crippen LogP contribution in [0.4, 0.5) is 26.6 Å². The van der Waals surface area contributed by atoms with E-state index in [-0.39, 0.29) is 24.2 Å². The summed E-state index contributed by atoms with van der Waals surface area (Å²) in [7, 11) is 0. The Hall–Kier alpha value is -5.56.